The van der Waals surface area contributed by atoms with E-state index in [0.717, 1.165) is 16.1 Å². The number of amides is 2. The molecular weight excluding hydrogens is 355 g/mol. The van der Waals surface area contributed by atoms with Gasteiger partial charge < -0.3 is 38.7 Å². The Kier molecular flexibility index (Phi) is 12.6. The van der Waals surface area contributed by atoms with Crippen molar-refractivity contribution >= 4 is 26.4 Å². The molecule has 0 saturated heterocycles. The number of nitrogens with zero attached hydrogens (tertiary/aromatic N) is 2. The maximum atomic E-state index is 11.0. The number of hydrogen-bond donors (Lipinski definition) is 2. The predicted molar refractivity (Wildman–Crippen MR) is 88.7 cm³/mol. The molecule has 0 saturated carbocycles. The molecule has 0 fully saturated rings. The van der Waals surface area contributed by atoms with Crippen LogP contribution in [0.4, 0.5) is 0 Å². The van der Waals surface area contributed by atoms with Gasteiger partial charge in [-0.1, -0.05) is 0 Å². The highest BCUT2D eigenvalue weighted by molar-refractivity contribution is 7.51. The third kappa shape index (κ3) is 17.1. The topological polar surface area (TPSA) is 148 Å². The highest BCUT2D eigenvalue weighted by Gasteiger charge is 2.43. The molecule has 0 aromatic heterocycles. The van der Waals surface area contributed by atoms with Gasteiger partial charge in [0.15, 0.2) is 0 Å². The Morgan fingerprint density at radius 3 is 1.28 bits per heavy atom. The van der Waals surface area contributed by atoms with Crippen molar-refractivity contribution in [1.29, 1.82) is 0 Å². The summed E-state index contributed by atoms with van der Waals surface area (Å²) in [6.07, 6.45) is -0.453. The van der Waals surface area contributed by atoms with Gasteiger partial charge in [0.2, 0.25) is 18.2 Å². The van der Waals surface area contributed by atoms with Crippen LogP contribution in [-0.4, -0.2) is 96.7 Å². The predicted octanol–water partition coefficient (Wildman–Crippen LogP) is -3.14. The van der Waals surface area contributed by atoms with E-state index < -0.39 is 19.0 Å². The lowest BCUT2D eigenvalue weighted by atomic mass is 10.5. The van der Waals surface area contributed by atoms with Crippen molar-refractivity contribution in [3.05, 3.63) is 0 Å². The number of rotatable bonds is 6. The van der Waals surface area contributed by atoms with Gasteiger partial charge in [0.25, 0.3) is 0 Å². The van der Waals surface area contributed by atoms with Gasteiger partial charge in [-0.05, 0) is 7.60 Å². The molecule has 0 bridgehead atoms. The fourth-order valence-corrected chi connectivity index (χ4v) is 1.48. The molecule has 0 aromatic rings. The van der Waals surface area contributed by atoms with Crippen LogP contribution in [0.3, 0.4) is 0 Å². The van der Waals surface area contributed by atoms with E-state index in [1.165, 1.54) is 10.6 Å². The first kappa shape index (κ1) is 28.3. The minimum Gasteiger partial charge on any atom is -0.807 e. The SMILES string of the molecule is COC(=O)C(NC=O)(NC=O)P(=O)([O-])[O-].C[N+](C)(C)C.C[N+](C)(C)C. The van der Waals surface area contributed by atoms with Crippen molar-refractivity contribution < 1.29 is 42.4 Å². The summed E-state index contributed by atoms with van der Waals surface area (Å²) in [5.41, 5.74) is 0. The number of carbonyl (C=O) groups is 3. The highest BCUT2D eigenvalue weighted by atomic mass is 31.2. The van der Waals surface area contributed by atoms with Crippen LogP contribution in [0.2, 0.25) is 0 Å². The normalized spacial score (nSPS) is 11.6. The molecule has 0 aliphatic heterocycles. The summed E-state index contributed by atoms with van der Waals surface area (Å²) in [5.74, 6) is -1.62. The van der Waals surface area contributed by atoms with Crippen LogP contribution in [-0.2, 0) is 23.7 Å². The van der Waals surface area contributed by atoms with Crippen LogP contribution in [0, 0.1) is 0 Å². The molecule has 150 valence electrons. The Hall–Kier alpha value is -1.52. The lowest BCUT2D eigenvalue weighted by Crippen LogP contribution is -2.65. The average molecular weight is 386 g/mol. The quantitative estimate of drug-likeness (QED) is 0.161. The smallest absolute Gasteiger partial charge is 0.358 e. The van der Waals surface area contributed by atoms with Crippen LogP contribution in [0.5, 0.6) is 0 Å². The number of nitrogens with one attached hydrogen (secondary N) is 2. The molecule has 0 spiro atoms. The van der Waals surface area contributed by atoms with E-state index in [4.69, 9.17) is 0 Å². The molecular formula is C13H31N4O7P. The second-order valence-corrected chi connectivity index (χ2v) is 9.26. The molecule has 2 amide bonds. The van der Waals surface area contributed by atoms with Gasteiger partial charge in [0.1, 0.15) is 0 Å². The van der Waals surface area contributed by atoms with Gasteiger partial charge in [-0.25, -0.2) is 4.79 Å². The minimum absolute atomic E-state index is 0.226. The van der Waals surface area contributed by atoms with Crippen LogP contribution >= 0.6 is 7.60 Å². The lowest BCUT2D eigenvalue weighted by molar-refractivity contribution is -0.849. The molecule has 12 heteroatoms. The summed E-state index contributed by atoms with van der Waals surface area (Å²) in [4.78, 5) is 52.7. The van der Waals surface area contributed by atoms with Gasteiger partial charge in [-0.3, -0.25) is 9.59 Å². The molecule has 25 heavy (non-hydrogen) atoms. The average Bonchev–Trinajstić information content (AvgIpc) is 2.32. The number of ether oxygens (including phenoxy) is 1. The first-order chi connectivity index (χ1) is 10.9. The third-order valence-corrected chi connectivity index (χ3v) is 2.69. The summed E-state index contributed by atoms with van der Waals surface area (Å²) in [5, 5.41) is -0.302. The van der Waals surface area contributed by atoms with Crippen LogP contribution in [0.25, 0.3) is 0 Å². The monoisotopic (exact) mass is 386 g/mol. The van der Waals surface area contributed by atoms with Crippen molar-refractivity contribution in [2.75, 3.05) is 63.5 Å². The Morgan fingerprint density at radius 2 is 1.16 bits per heavy atom. The Morgan fingerprint density at radius 1 is 0.920 bits per heavy atom. The number of hydrogen-bond acceptors (Lipinski definition) is 7. The second kappa shape index (κ2) is 11.2. The molecule has 2 N–H and O–H groups in total. The highest BCUT2D eigenvalue weighted by Crippen LogP contribution is 2.38. The summed E-state index contributed by atoms with van der Waals surface area (Å²) >= 11 is 0. The maximum Gasteiger partial charge on any atom is 0.358 e. The standard InChI is InChI=1S/C5H9N2O7P.2C4H12N/c1-14-4(10)5(6-2-8,7-3-9)15(11,12)13;2*1-5(2,3)4/h2-3H,1H3,(H,6,8)(H,7,9)(H2,11,12,13);2*1-4H3/q;2*+1/p-2. The summed E-state index contributed by atoms with van der Waals surface area (Å²) < 4.78 is 16.8. The van der Waals surface area contributed by atoms with Crippen molar-refractivity contribution in [2.45, 2.75) is 5.40 Å². The van der Waals surface area contributed by atoms with Gasteiger partial charge in [0.05, 0.1) is 63.5 Å². The van der Waals surface area contributed by atoms with E-state index in [1.54, 1.807) is 0 Å². The molecule has 0 heterocycles. The molecule has 0 aliphatic rings. The van der Waals surface area contributed by atoms with Crippen molar-refractivity contribution in [3.63, 3.8) is 0 Å². The molecule has 0 radical (unpaired) electrons. The Balaban J connectivity index is -0.000000396. The van der Waals surface area contributed by atoms with E-state index in [9.17, 15) is 28.7 Å². The fourth-order valence-electron chi connectivity index (χ4n) is 0.748. The zero-order valence-corrected chi connectivity index (χ0v) is 17.2. The first-order valence-corrected chi connectivity index (χ1v) is 8.51. The molecule has 0 aliphatic carbocycles. The largest absolute Gasteiger partial charge is 0.807 e. The van der Waals surface area contributed by atoms with Crippen LogP contribution in [0.1, 0.15) is 0 Å². The molecule has 0 rings (SSSR count). The van der Waals surface area contributed by atoms with E-state index in [0.29, 0.717) is 0 Å². The number of methoxy groups -OCH3 is 1. The lowest BCUT2D eigenvalue weighted by Gasteiger charge is -2.45. The van der Waals surface area contributed by atoms with Crippen LogP contribution in [0.15, 0.2) is 0 Å². The number of carbonyl (C=O) groups excluding carboxylic acids is 3. The number of esters is 1. The molecule has 11 nitrogen and oxygen atoms in total. The molecule has 0 aromatic carbocycles. The third-order valence-electron chi connectivity index (χ3n) is 1.43. The Labute approximate surface area is 149 Å². The van der Waals surface area contributed by atoms with Gasteiger partial charge in [-0.2, -0.15) is 0 Å². The van der Waals surface area contributed by atoms with E-state index in [-0.39, 0.29) is 12.8 Å². The van der Waals surface area contributed by atoms with E-state index in [1.807, 2.05) is 0 Å². The second-order valence-electron chi connectivity index (χ2n) is 7.59. The Bertz CT molecular complexity index is 432. The fraction of sp³-hybridized carbons (Fsp3) is 0.769. The van der Waals surface area contributed by atoms with Gasteiger partial charge in [0, 0.05) is 0 Å². The first-order valence-electron chi connectivity index (χ1n) is 6.96. The summed E-state index contributed by atoms with van der Waals surface area (Å²) in [6, 6.07) is 0. The minimum atomic E-state index is -5.67. The van der Waals surface area contributed by atoms with Gasteiger partial charge in [-0.15, -0.1) is 0 Å². The molecule has 0 unspecified atom stereocenters. The molecule has 0 atom stereocenters. The van der Waals surface area contributed by atoms with Crippen molar-refractivity contribution in [2.24, 2.45) is 0 Å². The summed E-state index contributed by atoms with van der Waals surface area (Å²) in [7, 11) is 12.1. The van der Waals surface area contributed by atoms with E-state index in [2.05, 4.69) is 61.1 Å². The number of quaternary nitrogens is 2. The van der Waals surface area contributed by atoms with Crippen LogP contribution < -0.4 is 20.4 Å². The van der Waals surface area contributed by atoms with Gasteiger partial charge >= 0.3 is 5.97 Å². The summed E-state index contributed by atoms with van der Waals surface area (Å²) in [6.45, 7) is 0. The maximum absolute atomic E-state index is 11.0. The van der Waals surface area contributed by atoms with E-state index >= 15 is 0 Å². The zero-order chi connectivity index (χ0) is 21.1. The van der Waals surface area contributed by atoms with Crippen molar-refractivity contribution in [1.82, 2.24) is 10.6 Å². The van der Waals surface area contributed by atoms with Crippen molar-refractivity contribution in [3.8, 4) is 0 Å². The zero-order valence-electron chi connectivity index (χ0n) is 16.4.